The van der Waals surface area contributed by atoms with E-state index in [9.17, 15) is 0 Å². The summed E-state index contributed by atoms with van der Waals surface area (Å²) in [6, 6.07) is 1.16. The molecule has 5 heteroatoms. The number of rotatable bonds is 5. The van der Waals surface area contributed by atoms with Crippen LogP contribution in [0.5, 0.6) is 0 Å². The van der Waals surface area contributed by atoms with Crippen LogP contribution in [0.2, 0.25) is 0 Å². The molecular weight excluding hydrogens is 216 g/mol. The molecule has 3 unspecified atom stereocenters. The summed E-state index contributed by atoms with van der Waals surface area (Å²) in [6.07, 6.45) is 4.72. The standard InChI is InChI=1S/C12H22N4O/c1-9(7-11-8-17-6-5-13-11)16-10(2)12-14-3-4-15-12/h3-4,9-11,13,16H,5-8H2,1-2H3,(H,14,15). The Bertz CT molecular complexity index is 308. The van der Waals surface area contributed by atoms with Crippen LogP contribution in [0, 0.1) is 0 Å². The molecule has 0 spiro atoms. The average molecular weight is 238 g/mol. The number of imidazole rings is 1. The second-order valence-corrected chi connectivity index (χ2v) is 4.73. The maximum absolute atomic E-state index is 5.45. The van der Waals surface area contributed by atoms with Crippen molar-refractivity contribution in [1.82, 2.24) is 20.6 Å². The van der Waals surface area contributed by atoms with Crippen molar-refractivity contribution in [2.75, 3.05) is 19.8 Å². The van der Waals surface area contributed by atoms with Crippen molar-refractivity contribution in [3.8, 4) is 0 Å². The first-order valence-corrected chi connectivity index (χ1v) is 6.32. The highest BCUT2D eigenvalue weighted by atomic mass is 16.5. The van der Waals surface area contributed by atoms with E-state index in [-0.39, 0.29) is 6.04 Å². The Hall–Kier alpha value is -0.910. The van der Waals surface area contributed by atoms with Crippen molar-refractivity contribution in [3.05, 3.63) is 18.2 Å². The summed E-state index contributed by atoms with van der Waals surface area (Å²) >= 11 is 0. The van der Waals surface area contributed by atoms with E-state index in [2.05, 4.69) is 34.4 Å². The zero-order valence-electron chi connectivity index (χ0n) is 10.6. The van der Waals surface area contributed by atoms with E-state index in [1.165, 1.54) is 0 Å². The van der Waals surface area contributed by atoms with Crippen molar-refractivity contribution in [3.63, 3.8) is 0 Å². The van der Waals surface area contributed by atoms with Gasteiger partial charge in [0.05, 0.1) is 19.3 Å². The van der Waals surface area contributed by atoms with Crippen LogP contribution in [-0.2, 0) is 4.74 Å². The summed E-state index contributed by atoms with van der Waals surface area (Å²) in [5, 5.41) is 7.01. The van der Waals surface area contributed by atoms with Crippen LogP contribution in [-0.4, -0.2) is 41.8 Å². The van der Waals surface area contributed by atoms with Crippen LogP contribution >= 0.6 is 0 Å². The number of hydrogen-bond acceptors (Lipinski definition) is 4. The molecule has 5 nitrogen and oxygen atoms in total. The van der Waals surface area contributed by atoms with E-state index in [1.807, 2.05) is 6.20 Å². The molecule has 2 rings (SSSR count). The van der Waals surface area contributed by atoms with Crippen LogP contribution in [0.1, 0.15) is 32.1 Å². The molecule has 3 N–H and O–H groups in total. The summed E-state index contributed by atoms with van der Waals surface area (Å²) in [4.78, 5) is 7.39. The highest BCUT2D eigenvalue weighted by molar-refractivity contribution is 4.94. The van der Waals surface area contributed by atoms with Gasteiger partial charge in [0.15, 0.2) is 0 Å². The van der Waals surface area contributed by atoms with Gasteiger partial charge in [-0.3, -0.25) is 0 Å². The van der Waals surface area contributed by atoms with Gasteiger partial charge in [-0.2, -0.15) is 0 Å². The molecule has 2 heterocycles. The number of hydrogen-bond donors (Lipinski definition) is 3. The van der Waals surface area contributed by atoms with Gasteiger partial charge in [0, 0.05) is 31.0 Å². The fraction of sp³-hybridized carbons (Fsp3) is 0.750. The maximum Gasteiger partial charge on any atom is 0.122 e. The summed E-state index contributed by atoms with van der Waals surface area (Å²) in [5.41, 5.74) is 0. The minimum absolute atomic E-state index is 0.254. The number of ether oxygens (including phenoxy) is 1. The molecular formula is C12H22N4O. The molecule has 1 aromatic rings. The number of nitrogens with zero attached hydrogens (tertiary/aromatic N) is 1. The predicted octanol–water partition coefficient (Wildman–Crippen LogP) is 0.827. The molecule has 0 bridgehead atoms. The topological polar surface area (TPSA) is 62.0 Å². The molecule has 96 valence electrons. The monoisotopic (exact) mass is 238 g/mol. The van der Waals surface area contributed by atoms with Crippen LogP contribution < -0.4 is 10.6 Å². The minimum atomic E-state index is 0.254. The summed E-state index contributed by atoms with van der Waals surface area (Å²) < 4.78 is 5.45. The van der Waals surface area contributed by atoms with Crippen LogP contribution in [0.3, 0.4) is 0 Å². The highest BCUT2D eigenvalue weighted by Crippen LogP contribution is 2.09. The Labute approximate surface area is 102 Å². The summed E-state index contributed by atoms with van der Waals surface area (Å²) in [5.74, 6) is 0.990. The molecule has 0 amide bonds. The van der Waals surface area contributed by atoms with Crippen molar-refractivity contribution >= 4 is 0 Å². The maximum atomic E-state index is 5.45. The number of H-pyrrole nitrogens is 1. The zero-order valence-corrected chi connectivity index (χ0v) is 10.6. The Balaban J connectivity index is 1.74. The lowest BCUT2D eigenvalue weighted by Crippen LogP contribution is -2.45. The first-order chi connectivity index (χ1) is 8.25. The fourth-order valence-corrected chi connectivity index (χ4v) is 2.29. The number of morpholine rings is 1. The molecule has 17 heavy (non-hydrogen) atoms. The average Bonchev–Trinajstić information content (AvgIpc) is 2.83. The second kappa shape index (κ2) is 6.14. The second-order valence-electron chi connectivity index (χ2n) is 4.73. The Morgan fingerprint density at radius 1 is 1.59 bits per heavy atom. The predicted molar refractivity (Wildman–Crippen MR) is 66.8 cm³/mol. The van der Waals surface area contributed by atoms with Gasteiger partial charge in [-0.25, -0.2) is 4.98 Å². The SMILES string of the molecule is CC(CC1COCCN1)NC(C)c1ncc[nH]1. The molecule has 1 aliphatic heterocycles. The van der Waals surface area contributed by atoms with Crippen LogP contribution in [0.4, 0.5) is 0 Å². The molecule has 0 radical (unpaired) electrons. The lowest BCUT2D eigenvalue weighted by atomic mass is 10.1. The Kier molecular flexibility index (Phi) is 4.53. The highest BCUT2D eigenvalue weighted by Gasteiger charge is 2.18. The normalized spacial score (nSPS) is 24.5. The van der Waals surface area contributed by atoms with E-state index in [0.29, 0.717) is 12.1 Å². The fourth-order valence-electron chi connectivity index (χ4n) is 2.29. The summed E-state index contributed by atoms with van der Waals surface area (Å²) in [6.45, 7) is 6.95. The molecule has 0 saturated carbocycles. The third-order valence-corrected chi connectivity index (χ3v) is 3.10. The van der Waals surface area contributed by atoms with Gasteiger partial charge in [0.1, 0.15) is 5.82 Å². The van der Waals surface area contributed by atoms with Crippen molar-refractivity contribution in [2.24, 2.45) is 0 Å². The molecule has 0 aliphatic carbocycles. The minimum Gasteiger partial charge on any atom is -0.379 e. The third kappa shape index (κ3) is 3.80. The molecule has 1 aromatic heterocycles. The van der Waals surface area contributed by atoms with Gasteiger partial charge in [-0.1, -0.05) is 0 Å². The van der Waals surface area contributed by atoms with Crippen molar-refractivity contribution < 1.29 is 4.74 Å². The Morgan fingerprint density at radius 3 is 3.12 bits per heavy atom. The largest absolute Gasteiger partial charge is 0.379 e. The molecule has 0 aromatic carbocycles. The van der Waals surface area contributed by atoms with Gasteiger partial charge in [0.25, 0.3) is 0 Å². The lowest BCUT2D eigenvalue weighted by Gasteiger charge is -2.27. The van der Waals surface area contributed by atoms with E-state index in [0.717, 1.165) is 32.0 Å². The molecule has 3 atom stereocenters. The Morgan fingerprint density at radius 2 is 2.47 bits per heavy atom. The quantitative estimate of drug-likeness (QED) is 0.711. The van der Waals surface area contributed by atoms with E-state index >= 15 is 0 Å². The van der Waals surface area contributed by atoms with E-state index < -0.39 is 0 Å². The summed E-state index contributed by atoms with van der Waals surface area (Å²) in [7, 11) is 0. The number of aromatic nitrogens is 2. The van der Waals surface area contributed by atoms with Crippen molar-refractivity contribution in [2.45, 2.75) is 38.4 Å². The van der Waals surface area contributed by atoms with E-state index in [1.54, 1.807) is 6.20 Å². The van der Waals surface area contributed by atoms with Crippen LogP contribution in [0.15, 0.2) is 12.4 Å². The van der Waals surface area contributed by atoms with Gasteiger partial charge in [0.2, 0.25) is 0 Å². The van der Waals surface area contributed by atoms with Gasteiger partial charge >= 0.3 is 0 Å². The first kappa shape index (κ1) is 12.5. The van der Waals surface area contributed by atoms with Gasteiger partial charge in [-0.05, 0) is 20.3 Å². The molecule has 1 fully saturated rings. The number of aromatic amines is 1. The third-order valence-electron chi connectivity index (χ3n) is 3.10. The van der Waals surface area contributed by atoms with Gasteiger partial charge in [-0.15, -0.1) is 0 Å². The molecule has 1 aliphatic rings. The smallest absolute Gasteiger partial charge is 0.122 e. The lowest BCUT2D eigenvalue weighted by molar-refractivity contribution is 0.0708. The zero-order chi connectivity index (χ0) is 12.1. The number of nitrogens with one attached hydrogen (secondary N) is 3. The van der Waals surface area contributed by atoms with E-state index in [4.69, 9.17) is 4.74 Å². The van der Waals surface area contributed by atoms with Gasteiger partial charge < -0.3 is 20.4 Å². The first-order valence-electron chi connectivity index (χ1n) is 6.32. The van der Waals surface area contributed by atoms with Crippen LogP contribution in [0.25, 0.3) is 0 Å². The molecule has 1 saturated heterocycles. The van der Waals surface area contributed by atoms with Crippen molar-refractivity contribution in [1.29, 1.82) is 0 Å².